The third kappa shape index (κ3) is 4.29. The Hall–Kier alpha value is -1.91. The molecule has 5 heteroatoms. The molecule has 0 saturated carbocycles. The molecule has 120 valence electrons. The number of halogens is 2. The van der Waals surface area contributed by atoms with Crippen LogP contribution in [-0.4, -0.2) is 35.6 Å². The number of amides is 1. The van der Waals surface area contributed by atoms with Crippen LogP contribution in [0.3, 0.4) is 0 Å². The van der Waals surface area contributed by atoms with Crippen LogP contribution in [0.15, 0.2) is 35.9 Å². The zero-order valence-corrected chi connectivity index (χ0v) is 13.1. The number of likely N-dealkylation sites (tertiary alicyclic amines) is 1. The average molecular weight is 309 g/mol. The summed E-state index contributed by atoms with van der Waals surface area (Å²) in [6.45, 7) is 4.75. The van der Waals surface area contributed by atoms with E-state index in [9.17, 15) is 13.6 Å². The minimum atomic E-state index is -3.04. The molecule has 1 amide bonds. The van der Waals surface area contributed by atoms with Gasteiger partial charge in [0, 0.05) is 12.1 Å². The average Bonchev–Trinajstić information content (AvgIpc) is 2.40. The van der Waals surface area contributed by atoms with Crippen LogP contribution < -0.4 is 0 Å². The molecule has 0 aliphatic carbocycles. The first-order chi connectivity index (χ1) is 10.2. The van der Waals surface area contributed by atoms with Crippen molar-refractivity contribution in [1.82, 2.24) is 4.90 Å². The Balaban J connectivity index is 2.10. The number of hydrogen-bond acceptors (Lipinski definition) is 2. The van der Waals surface area contributed by atoms with Gasteiger partial charge in [-0.25, -0.2) is 4.79 Å². The van der Waals surface area contributed by atoms with Gasteiger partial charge in [0.1, 0.15) is 5.60 Å². The van der Waals surface area contributed by atoms with E-state index in [0.717, 1.165) is 10.5 Å². The first kappa shape index (κ1) is 16.5. The van der Waals surface area contributed by atoms with Gasteiger partial charge in [0.25, 0.3) is 5.92 Å². The van der Waals surface area contributed by atoms with Crippen LogP contribution in [0.1, 0.15) is 32.8 Å². The second kappa shape index (κ2) is 6.07. The summed E-state index contributed by atoms with van der Waals surface area (Å²) in [5.41, 5.74) is 0.105. The van der Waals surface area contributed by atoms with Crippen molar-refractivity contribution in [1.29, 1.82) is 0 Å². The number of carbonyl (C=O) groups excluding carboxylic acids is 1. The first-order valence-corrected chi connectivity index (χ1v) is 7.29. The minimum absolute atomic E-state index is 0.0542. The van der Waals surface area contributed by atoms with Crippen LogP contribution in [0, 0.1) is 0 Å². The molecule has 0 atom stereocenters. The molecule has 0 unspecified atom stereocenters. The smallest absolute Gasteiger partial charge is 0.410 e. The fraction of sp³-hybridized carbons (Fsp3) is 0.471. The Labute approximate surface area is 129 Å². The highest BCUT2D eigenvalue weighted by Gasteiger charge is 2.42. The highest BCUT2D eigenvalue weighted by atomic mass is 19.3. The molecule has 0 radical (unpaired) electrons. The summed E-state index contributed by atoms with van der Waals surface area (Å²) < 4.78 is 33.7. The van der Waals surface area contributed by atoms with Gasteiger partial charge in [0.05, 0.1) is 6.54 Å². The van der Waals surface area contributed by atoms with E-state index in [1.165, 1.54) is 6.08 Å². The normalized spacial score (nSPS) is 20.0. The third-order valence-electron chi connectivity index (χ3n) is 3.30. The predicted octanol–water partition coefficient (Wildman–Crippen LogP) is 4.35. The molecule has 1 aliphatic heterocycles. The molecule has 1 aromatic rings. The molecule has 0 bridgehead atoms. The zero-order chi connectivity index (χ0) is 16.4. The highest BCUT2D eigenvalue weighted by molar-refractivity contribution is 5.69. The van der Waals surface area contributed by atoms with Crippen molar-refractivity contribution in [3.8, 4) is 0 Å². The molecule has 22 heavy (non-hydrogen) atoms. The van der Waals surface area contributed by atoms with E-state index in [4.69, 9.17) is 4.74 Å². The van der Waals surface area contributed by atoms with Gasteiger partial charge in [-0.2, -0.15) is 8.78 Å². The van der Waals surface area contributed by atoms with Crippen molar-refractivity contribution in [3.05, 3.63) is 41.5 Å². The van der Waals surface area contributed by atoms with Gasteiger partial charge >= 0.3 is 6.09 Å². The molecule has 1 aromatic carbocycles. The molecular formula is C17H21F2NO2. The Morgan fingerprint density at radius 3 is 2.45 bits per heavy atom. The van der Waals surface area contributed by atoms with E-state index < -0.39 is 24.2 Å². The fourth-order valence-corrected chi connectivity index (χ4v) is 2.27. The van der Waals surface area contributed by atoms with Crippen molar-refractivity contribution in [2.45, 2.75) is 38.7 Å². The standard InChI is InChI=1S/C17H21F2NO2/c1-16(2,3)22-15(21)20-10-9-14(17(18,19)12-20)11-13-7-5-4-6-8-13/h4-8,11H,9-10,12H2,1-3H3/b14-11+. The second-order valence-electron chi connectivity index (χ2n) is 6.44. The lowest BCUT2D eigenvalue weighted by Gasteiger charge is -2.35. The highest BCUT2D eigenvalue weighted by Crippen LogP contribution is 2.34. The second-order valence-corrected chi connectivity index (χ2v) is 6.44. The van der Waals surface area contributed by atoms with Crippen LogP contribution in [0.2, 0.25) is 0 Å². The largest absolute Gasteiger partial charge is 0.444 e. The van der Waals surface area contributed by atoms with Gasteiger partial charge in [0.2, 0.25) is 0 Å². The van der Waals surface area contributed by atoms with Crippen molar-refractivity contribution in [2.75, 3.05) is 13.1 Å². The molecule has 1 heterocycles. The number of carbonyl (C=O) groups is 1. The fourth-order valence-electron chi connectivity index (χ4n) is 2.27. The maximum absolute atomic E-state index is 14.3. The van der Waals surface area contributed by atoms with Crippen LogP contribution in [-0.2, 0) is 4.74 Å². The topological polar surface area (TPSA) is 29.5 Å². The van der Waals surface area contributed by atoms with Crippen molar-refractivity contribution in [2.24, 2.45) is 0 Å². The first-order valence-electron chi connectivity index (χ1n) is 7.29. The van der Waals surface area contributed by atoms with E-state index in [-0.39, 0.29) is 18.5 Å². The molecule has 2 rings (SSSR count). The number of hydrogen-bond donors (Lipinski definition) is 0. The van der Waals surface area contributed by atoms with Gasteiger partial charge in [-0.1, -0.05) is 30.3 Å². The van der Waals surface area contributed by atoms with Crippen LogP contribution in [0.4, 0.5) is 13.6 Å². The maximum Gasteiger partial charge on any atom is 0.410 e. The quantitative estimate of drug-likeness (QED) is 0.772. The van der Waals surface area contributed by atoms with Crippen molar-refractivity contribution < 1.29 is 18.3 Å². The number of ether oxygens (including phenoxy) is 1. The minimum Gasteiger partial charge on any atom is -0.444 e. The number of alkyl halides is 2. The molecule has 1 saturated heterocycles. The Kier molecular flexibility index (Phi) is 4.54. The zero-order valence-electron chi connectivity index (χ0n) is 13.1. The van der Waals surface area contributed by atoms with Gasteiger partial charge < -0.3 is 9.64 Å². The predicted molar refractivity (Wildman–Crippen MR) is 81.8 cm³/mol. The van der Waals surface area contributed by atoms with Gasteiger partial charge in [-0.3, -0.25) is 0 Å². The third-order valence-corrected chi connectivity index (χ3v) is 3.30. The lowest BCUT2D eigenvalue weighted by Crippen LogP contribution is -2.48. The van der Waals surface area contributed by atoms with Crippen LogP contribution in [0.5, 0.6) is 0 Å². The molecule has 3 nitrogen and oxygen atoms in total. The molecule has 1 fully saturated rings. The number of nitrogens with zero attached hydrogens (tertiary/aromatic N) is 1. The summed E-state index contributed by atoms with van der Waals surface area (Å²) >= 11 is 0. The van der Waals surface area contributed by atoms with E-state index in [1.54, 1.807) is 45.0 Å². The summed E-state index contributed by atoms with van der Waals surface area (Å²) in [5, 5.41) is 0. The maximum atomic E-state index is 14.3. The Morgan fingerprint density at radius 2 is 1.91 bits per heavy atom. The van der Waals surface area contributed by atoms with E-state index in [2.05, 4.69) is 0 Å². The molecular weight excluding hydrogens is 288 g/mol. The summed E-state index contributed by atoms with van der Waals surface area (Å²) in [6, 6.07) is 9.01. The van der Waals surface area contributed by atoms with Crippen LogP contribution in [0.25, 0.3) is 6.08 Å². The lowest BCUT2D eigenvalue weighted by molar-refractivity contribution is -0.0338. The van der Waals surface area contributed by atoms with Crippen molar-refractivity contribution >= 4 is 12.2 Å². The summed E-state index contributed by atoms with van der Waals surface area (Å²) in [7, 11) is 0. The molecule has 0 N–H and O–H groups in total. The summed E-state index contributed by atoms with van der Waals surface area (Å²) in [6.07, 6.45) is 0.957. The monoisotopic (exact) mass is 309 g/mol. The molecule has 1 aliphatic rings. The lowest BCUT2D eigenvalue weighted by atomic mass is 9.97. The summed E-state index contributed by atoms with van der Waals surface area (Å²) in [4.78, 5) is 13.0. The molecule has 0 aromatic heterocycles. The van der Waals surface area contributed by atoms with E-state index in [1.807, 2.05) is 6.07 Å². The van der Waals surface area contributed by atoms with Gasteiger partial charge in [-0.15, -0.1) is 0 Å². The number of piperidine rings is 1. The van der Waals surface area contributed by atoms with Gasteiger partial charge in [0.15, 0.2) is 0 Å². The summed E-state index contributed by atoms with van der Waals surface area (Å²) in [5.74, 6) is -3.04. The van der Waals surface area contributed by atoms with Crippen molar-refractivity contribution in [3.63, 3.8) is 0 Å². The van der Waals surface area contributed by atoms with Gasteiger partial charge in [-0.05, 0) is 38.8 Å². The Morgan fingerprint density at radius 1 is 1.27 bits per heavy atom. The van der Waals surface area contributed by atoms with E-state index >= 15 is 0 Å². The van der Waals surface area contributed by atoms with E-state index in [0.29, 0.717) is 0 Å². The van der Waals surface area contributed by atoms with Crippen LogP contribution >= 0.6 is 0 Å². The SMILES string of the molecule is CC(C)(C)OC(=O)N1CC/C(=C\c2ccccc2)C(F)(F)C1. The number of benzene rings is 1. The number of rotatable bonds is 1. The molecule has 0 spiro atoms. The Bertz CT molecular complexity index is 562.